The molecule has 106 valence electrons. The Morgan fingerprint density at radius 3 is 3.05 bits per heavy atom. The van der Waals surface area contributed by atoms with Gasteiger partial charge in [0.25, 0.3) is 0 Å². The summed E-state index contributed by atoms with van der Waals surface area (Å²) in [6.07, 6.45) is 2.51. The Hall–Kier alpha value is -0.790. The lowest BCUT2D eigenvalue weighted by Gasteiger charge is -2.21. The molecule has 1 aromatic heterocycles. The number of nitrogens with zero attached hydrogens (tertiary/aromatic N) is 2. The van der Waals surface area contributed by atoms with Crippen LogP contribution in [0.3, 0.4) is 0 Å². The first-order chi connectivity index (χ1) is 9.16. The Morgan fingerprint density at radius 2 is 2.26 bits per heavy atom. The average Bonchev–Trinajstić information content (AvgIpc) is 2.69. The molecule has 1 aliphatic rings. The Balaban J connectivity index is 2.32. The quantitative estimate of drug-likeness (QED) is 0.916. The van der Waals surface area contributed by atoms with E-state index in [1.54, 1.807) is 22.6 Å². The van der Waals surface area contributed by atoms with E-state index in [0.717, 1.165) is 17.9 Å². The van der Waals surface area contributed by atoms with Gasteiger partial charge < -0.3 is 5.32 Å². The van der Waals surface area contributed by atoms with Gasteiger partial charge in [0.05, 0.1) is 0 Å². The van der Waals surface area contributed by atoms with Gasteiger partial charge in [-0.25, -0.2) is 13.4 Å². The third kappa shape index (κ3) is 3.40. The summed E-state index contributed by atoms with van der Waals surface area (Å²) in [5.41, 5.74) is 0. The third-order valence-electron chi connectivity index (χ3n) is 2.91. The highest BCUT2D eigenvalue weighted by atomic mass is 32.2. The summed E-state index contributed by atoms with van der Waals surface area (Å²) < 4.78 is 26.9. The van der Waals surface area contributed by atoms with Crippen LogP contribution in [0.5, 0.6) is 0 Å². The molecular weight excluding hydrogens is 282 g/mol. The minimum atomic E-state index is -3.44. The fourth-order valence-corrected chi connectivity index (χ4v) is 4.60. The van der Waals surface area contributed by atoms with Crippen LogP contribution < -0.4 is 5.32 Å². The van der Waals surface area contributed by atoms with Crippen LogP contribution in [0.15, 0.2) is 23.2 Å². The molecule has 0 amide bonds. The van der Waals surface area contributed by atoms with Crippen LogP contribution in [-0.4, -0.2) is 48.8 Å². The van der Waals surface area contributed by atoms with Gasteiger partial charge in [-0.2, -0.15) is 16.1 Å². The van der Waals surface area contributed by atoms with Crippen molar-refractivity contribution in [1.29, 1.82) is 0 Å². The molecule has 1 fully saturated rings. The fourth-order valence-electron chi connectivity index (χ4n) is 2.00. The molecule has 2 rings (SSSR count). The van der Waals surface area contributed by atoms with E-state index in [4.69, 9.17) is 0 Å². The summed E-state index contributed by atoms with van der Waals surface area (Å²) in [4.78, 5) is 4.41. The van der Waals surface area contributed by atoms with Crippen molar-refractivity contribution in [2.24, 2.45) is 0 Å². The number of hydrogen-bond acceptors (Lipinski definition) is 5. The molecule has 1 aliphatic heterocycles. The molecule has 1 aromatic rings. The van der Waals surface area contributed by atoms with E-state index >= 15 is 0 Å². The van der Waals surface area contributed by atoms with E-state index in [9.17, 15) is 8.42 Å². The van der Waals surface area contributed by atoms with Gasteiger partial charge in [0.1, 0.15) is 10.7 Å². The smallest absolute Gasteiger partial charge is 0.246 e. The van der Waals surface area contributed by atoms with Gasteiger partial charge in [-0.05, 0) is 31.2 Å². The van der Waals surface area contributed by atoms with Gasteiger partial charge in [0.15, 0.2) is 0 Å². The Bertz CT molecular complexity index is 511. The topological polar surface area (TPSA) is 62.3 Å². The third-order valence-corrected chi connectivity index (χ3v) is 5.89. The molecule has 0 radical (unpaired) electrons. The molecule has 1 saturated heterocycles. The SMILES string of the molecule is CCNc1ncccc1S(=O)(=O)N1CCCSCC1. The fraction of sp³-hybridized carbons (Fsp3) is 0.583. The van der Waals surface area contributed by atoms with Gasteiger partial charge in [-0.15, -0.1) is 0 Å². The molecular formula is C12H19N3O2S2. The van der Waals surface area contributed by atoms with Crippen molar-refractivity contribution in [3.63, 3.8) is 0 Å². The lowest BCUT2D eigenvalue weighted by molar-refractivity contribution is 0.435. The lowest BCUT2D eigenvalue weighted by Crippen LogP contribution is -2.33. The van der Waals surface area contributed by atoms with Crippen molar-refractivity contribution in [2.75, 3.05) is 36.5 Å². The van der Waals surface area contributed by atoms with E-state index in [2.05, 4.69) is 10.3 Å². The van der Waals surface area contributed by atoms with E-state index in [1.807, 2.05) is 18.7 Å². The molecule has 0 aromatic carbocycles. The highest BCUT2D eigenvalue weighted by molar-refractivity contribution is 7.99. The summed E-state index contributed by atoms with van der Waals surface area (Å²) in [5, 5.41) is 3.01. The van der Waals surface area contributed by atoms with Gasteiger partial charge in [-0.1, -0.05) is 0 Å². The monoisotopic (exact) mass is 301 g/mol. The second-order valence-corrected chi connectivity index (χ2v) is 7.38. The number of rotatable bonds is 4. The van der Waals surface area contributed by atoms with Gasteiger partial charge >= 0.3 is 0 Å². The Labute approximate surface area is 118 Å². The minimum Gasteiger partial charge on any atom is -0.369 e. The Morgan fingerprint density at radius 1 is 1.42 bits per heavy atom. The number of hydrogen-bond donors (Lipinski definition) is 1. The summed E-state index contributed by atoms with van der Waals surface area (Å²) in [6.45, 7) is 3.74. The minimum absolute atomic E-state index is 0.281. The largest absolute Gasteiger partial charge is 0.369 e. The summed E-state index contributed by atoms with van der Waals surface area (Å²) in [6, 6.07) is 3.29. The first-order valence-electron chi connectivity index (χ1n) is 6.43. The van der Waals surface area contributed by atoms with Gasteiger partial charge in [0.2, 0.25) is 10.0 Å². The second kappa shape index (κ2) is 6.58. The van der Waals surface area contributed by atoms with Crippen molar-refractivity contribution in [3.8, 4) is 0 Å². The van der Waals surface area contributed by atoms with Crippen molar-refractivity contribution in [1.82, 2.24) is 9.29 Å². The van der Waals surface area contributed by atoms with E-state index in [1.165, 1.54) is 0 Å². The molecule has 1 N–H and O–H groups in total. The predicted molar refractivity (Wildman–Crippen MR) is 79.1 cm³/mol. The number of pyridine rings is 1. The molecule has 7 heteroatoms. The average molecular weight is 301 g/mol. The van der Waals surface area contributed by atoms with Crippen LogP contribution in [-0.2, 0) is 10.0 Å². The molecule has 0 bridgehead atoms. The molecule has 0 spiro atoms. The normalized spacial score (nSPS) is 17.9. The number of aromatic nitrogens is 1. The van der Waals surface area contributed by atoms with Crippen molar-refractivity contribution >= 4 is 27.6 Å². The number of nitrogens with one attached hydrogen (secondary N) is 1. The maximum absolute atomic E-state index is 12.7. The van der Waals surface area contributed by atoms with E-state index < -0.39 is 10.0 Å². The predicted octanol–water partition coefficient (Wildman–Crippen LogP) is 1.64. The maximum atomic E-state index is 12.7. The lowest BCUT2D eigenvalue weighted by atomic mass is 10.4. The maximum Gasteiger partial charge on any atom is 0.246 e. The van der Waals surface area contributed by atoms with Crippen molar-refractivity contribution < 1.29 is 8.42 Å². The number of thioether (sulfide) groups is 1. The standard InChI is InChI=1S/C12H19N3O2S2/c1-2-13-12-11(5-3-6-14-12)19(16,17)15-7-4-9-18-10-8-15/h3,5-6H,2,4,7-10H2,1H3,(H,13,14). The molecule has 0 aliphatic carbocycles. The van der Waals surface area contributed by atoms with Crippen LogP contribution >= 0.6 is 11.8 Å². The zero-order chi connectivity index (χ0) is 13.7. The van der Waals surface area contributed by atoms with Crippen LogP contribution in [0.4, 0.5) is 5.82 Å². The highest BCUT2D eigenvalue weighted by Crippen LogP contribution is 2.24. The molecule has 5 nitrogen and oxygen atoms in total. The highest BCUT2D eigenvalue weighted by Gasteiger charge is 2.27. The zero-order valence-electron chi connectivity index (χ0n) is 11.0. The molecule has 2 heterocycles. The van der Waals surface area contributed by atoms with Gasteiger partial charge in [0, 0.05) is 31.6 Å². The zero-order valence-corrected chi connectivity index (χ0v) is 12.6. The first-order valence-corrected chi connectivity index (χ1v) is 9.02. The number of anilines is 1. The summed E-state index contributed by atoms with van der Waals surface area (Å²) >= 11 is 1.81. The first kappa shape index (κ1) is 14.6. The van der Waals surface area contributed by atoms with Crippen LogP contribution in [0.25, 0.3) is 0 Å². The van der Waals surface area contributed by atoms with Gasteiger partial charge in [-0.3, -0.25) is 0 Å². The molecule has 0 saturated carbocycles. The molecule has 19 heavy (non-hydrogen) atoms. The number of sulfonamides is 1. The van der Waals surface area contributed by atoms with E-state index in [0.29, 0.717) is 25.5 Å². The van der Waals surface area contributed by atoms with Crippen molar-refractivity contribution in [2.45, 2.75) is 18.2 Å². The second-order valence-electron chi connectivity index (χ2n) is 4.25. The summed E-state index contributed by atoms with van der Waals surface area (Å²) in [7, 11) is -3.44. The van der Waals surface area contributed by atoms with Crippen LogP contribution in [0.2, 0.25) is 0 Å². The molecule has 0 atom stereocenters. The molecule has 0 unspecified atom stereocenters. The Kier molecular flexibility index (Phi) is 5.06. The summed E-state index contributed by atoms with van der Waals surface area (Å²) in [5.74, 6) is 2.33. The van der Waals surface area contributed by atoms with Crippen molar-refractivity contribution in [3.05, 3.63) is 18.3 Å². The van der Waals surface area contributed by atoms with Crippen LogP contribution in [0.1, 0.15) is 13.3 Å². The van der Waals surface area contributed by atoms with E-state index in [-0.39, 0.29) is 4.90 Å². The van der Waals surface area contributed by atoms with Crippen LogP contribution in [0, 0.1) is 0 Å².